The van der Waals surface area contributed by atoms with Gasteiger partial charge in [0.15, 0.2) is 5.13 Å². The molecule has 2 aromatic rings. The Balaban J connectivity index is 2.15. The van der Waals surface area contributed by atoms with Crippen LogP contribution in [0.25, 0.3) is 0 Å². The number of thiazole rings is 1. The first-order valence-corrected chi connectivity index (χ1v) is 7.59. The number of carbonyl (C=O) groups is 1. The molecule has 0 radical (unpaired) electrons. The van der Waals surface area contributed by atoms with E-state index in [-0.39, 0.29) is 11.8 Å². The van der Waals surface area contributed by atoms with E-state index in [1.54, 1.807) is 25.2 Å². The van der Waals surface area contributed by atoms with Gasteiger partial charge in [-0.2, -0.15) is 0 Å². The van der Waals surface area contributed by atoms with Gasteiger partial charge in [0, 0.05) is 29.4 Å². The topological polar surface area (TPSA) is 54.0 Å². The first-order valence-electron chi connectivity index (χ1n) is 6.02. The van der Waals surface area contributed by atoms with Crippen molar-refractivity contribution in [1.82, 2.24) is 4.98 Å². The molecule has 104 valence electrons. The number of hydrogen-bond acceptors (Lipinski definition) is 4. The zero-order chi connectivity index (χ0) is 14.3. The van der Waals surface area contributed by atoms with Crippen LogP contribution in [0.2, 0.25) is 10.0 Å². The first-order chi connectivity index (χ1) is 9.60. The highest BCUT2D eigenvalue weighted by molar-refractivity contribution is 7.16. The second-order valence-electron chi connectivity index (χ2n) is 4.42. The normalized spacial score (nSPS) is 17.6. The van der Waals surface area contributed by atoms with Crippen molar-refractivity contribution >= 4 is 51.4 Å². The average molecular weight is 328 g/mol. The molecule has 0 saturated heterocycles. The van der Waals surface area contributed by atoms with Crippen LogP contribution in [0, 0.1) is 0 Å². The summed E-state index contributed by atoms with van der Waals surface area (Å²) in [5.41, 5.74) is 0.790. The van der Waals surface area contributed by atoms with Gasteiger partial charge in [0.05, 0.1) is 4.88 Å². The van der Waals surface area contributed by atoms with Crippen molar-refractivity contribution < 1.29 is 4.79 Å². The molecule has 1 atom stereocenters. The molecule has 1 aliphatic heterocycles. The van der Waals surface area contributed by atoms with Crippen molar-refractivity contribution in [2.75, 3.05) is 17.7 Å². The summed E-state index contributed by atoms with van der Waals surface area (Å²) >= 11 is 14.0. The van der Waals surface area contributed by atoms with Crippen LogP contribution in [0.1, 0.15) is 22.8 Å². The Bertz CT molecular complexity index is 666. The third-order valence-corrected chi connectivity index (χ3v) is 5.02. The predicted octanol–water partition coefficient (Wildman–Crippen LogP) is 3.97. The lowest BCUT2D eigenvalue weighted by Crippen LogP contribution is -2.23. The summed E-state index contributed by atoms with van der Waals surface area (Å²) in [4.78, 5) is 17.2. The largest absolute Gasteiger partial charge is 0.365 e. The first kappa shape index (κ1) is 13.7. The van der Waals surface area contributed by atoms with Crippen molar-refractivity contribution in [1.29, 1.82) is 0 Å². The molecule has 0 bridgehead atoms. The van der Waals surface area contributed by atoms with Gasteiger partial charge in [-0.1, -0.05) is 40.6 Å². The highest BCUT2D eigenvalue weighted by Crippen LogP contribution is 2.46. The summed E-state index contributed by atoms with van der Waals surface area (Å²) in [6.45, 7) is 0. The van der Waals surface area contributed by atoms with Crippen molar-refractivity contribution in [3.8, 4) is 0 Å². The second kappa shape index (κ2) is 5.24. The molecule has 2 heterocycles. The molecule has 1 aliphatic rings. The smallest absolute Gasteiger partial charge is 0.226 e. The lowest BCUT2D eigenvalue weighted by Gasteiger charge is -2.23. The van der Waals surface area contributed by atoms with Crippen LogP contribution in [0.5, 0.6) is 0 Å². The van der Waals surface area contributed by atoms with E-state index in [1.807, 2.05) is 0 Å². The maximum absolute atomic E-state index is 11.9. The molecule has 2 N–H and O–H groups in total. The second-order valence-corrected chi connectivity index (χ2v) is 6.27. The van der Waals surface area contributed by atoms with Crippen molar-refractivity contribution in [2.24, 2.45) is 0 Å². The Morgan fingerprint density at radius 3 is 2.75 bits per heavy atom. The van der Waals surface area contributed by atoms with Gasteiger partial charge in [-0.25, -0.2) is 4.98 Å². The third-order valence-electron chi connectivity index (χ3n) is 3.18. The molecule has 0 aliphatic carbocycles. The van der Waals surface area contributed by atoms with Crippen LogP contribution >= 0.6 is 34.5 Å². The van der Waals surface area contributed by atoms with Gasteiger partial charge in [0.2, 0.25) is 5.91 Å². The van der Waals surface area contributed by atoms with Gasteiger partial charge in [0.25, 0.3) is 0 Å². The van der Waals surface area contributed by atoms with Gasteiger partial charge >= 0.3 is 0 Å². The van der Waals surface area contributed by atoms with Crippen LogP contribution in [0.15, 0.2) is 18.2 Å². The summed E-state index contributed by atoms with van der Waals surface area (Å²) in [5.74, 6) is 0.363. The van der Waals surface area contributed by atoms with Gasteiger partial charge < -0.3 is 10.6 Å². The number of aromatic nitrogens is 1. The SMILES string of the molecule is CNc1nc2c(s1)[C@H](c1c(Cl)cccc1Cl)CC(=O)N2. The van der Waals surface area contributed by atoms with E-state index in [0.717, 1.165) is 15.6 Å². The van der Waals surface area contributed by atoms with E-state index in [2.05, 4.69) is 15.6 Å². The number of benzene rings is 1. The number of fused-ring (bicyclic) bond motifs is 1. The fraction of sp³-hybridized carbons (Fsp3) is 0.231. The monoisotopic (exact) mass is 327 g/mol. The molecular formula is C13H11Cl2N3OS. The quantitative estimate of drug-likeness (QED) is 0.877. The molecule has 0 saturated carbocycles. The summed E-state index contributed by atoms with van der Waals surface area (Å²) in [7, 11) is 1.80. The molecule has 0 spiro atoms. The van der Waals surface area contributed by atoms with E-state index in [0.29, 0.717) is 22.3 Å². The third kappa shape index (κ3) is 2.26. The van der Waals surface area contributed by atoms with E-state index in [4.69, 9.17) is 23.2 Å². The van der Waals surface area contributed by atoms with E-state index in [1.165, 1.54) is 11.3 Å². The van der Waals surface area contributed by atoms with Crippen molar-refractivity contribution in [3.63, 3.8) is 0 Å². The lowest BCUT2D eigenvalue weighted by molar-refractivity contribution is -0.116. The number of nitrogens with zero attached hydrogens (tertiary/aromatic N) is 1. The summed E-state index contributed by atoms with van der Waals surface area (Å²) in [6, 6.07) is 5.37. The van der Waals surface area contributed by atoms with Crippen LogP contribution in [-0.2, 0) is 4.79 Å². The van der Waals surface area contributed by atoms with Crippen LogP contribution in [-0.4, -0.2) is 17.9 Å². The van der Waals surface area contributed by atoms with Gasteiger partial charge in [0.1, 0.15) is 5.82 Å². The van der Waals surface area contributed by atoms with Gasteiger partial charge in [-0.3, -0.25) is 4.79 Å². The Kier molecular flexibility index (Phi) is 3.58. The summed E-state index contributed by atoms with van der Waals surface area (Å²) in [6.07, 6.45) is 0.321. The van der Waals surface area contributed by atoms with E-state index in [9.17, 15) is 4.79 Å². The van der Waals surface area contributed by atoms with Crippen LogP contribution in [0.3, 0.4) is 0 Å². The molecule has 1 amide bonds. The van der Waals surface area contributed by atoms with E-state index >= 15 is 0 Å². The molecule has 1 aromatic carbocycles. The Labute approximate surface area is 130 Å². The van der Waals surface area contributed by atoms with Crippen LogP contribution in [0.4, 0.5) is 10.9 Å². The Hall–Kier alpha value is -1.30. The Morgan fingerprint density at radius 1 is 1.40 bits per heavy atom. The molecule has 7 heteroatoms. The molecule has 1 aromatic heterocycles. The fourth-order valence-corrected chi connectivity index (χ4v) is 3.95. The fourth-order valence-electron chi connectivity index (χ4n) is 2.30. The summed E-state index contributed by atoms with van der Waals surface area (Å²) in [5, 5.41) is 7.68. The lowest BCUT2D eigenvalue weighted by atomic mass is 9.91. The van der Waals surface area contributed by atoms with Gasteiger partial charge in [-0.05, 0) is 17.7 Å². The number of carbonyl (C=O) groups excluding carboxylic acids is 1. The number of nitrogens with one attached hydrogen (secondary N) is 2. The van der Waals surface area contributed by atoms with Crippen molar-refractivity contribution in [2.45, 2.75) is 12.3 Å². The molecule has 0 unspecified atom stereocenters. The molecule has 4 nitrogen and oxygen atoms in total. The average Bonchev–Trinajstić information content (AvgIpc) is 2.81. The molecular weight excluding hydrogens is 317 g/mol. The van der Waals surface area contributed by atoms with Crippen LogP contribution < -0.4 is 10.6 Å². The molecule has 0 fully saturated rings. The maximum Gasteiger partial charge on any atom is 0.226 e. The van der Waals surface area contributed by atoms with Crippen molar-refractivity contribution in [3.05, 3.63) is 38.7 Å². The minimum absolute atomic E-state index is 0.0774. The number of rotatable bonds is 2. The molecule has 3 rings (SSSR count). The number of anilines is 2. The highest BCUT2D eigenvalue weighted by Gasteiger charge is 2.32. The standard InChI is InChI=1S/C13H11Cl2N3OS/c1-16-13-18-12-11(20-13)6(5-9(19)17-12)10-7(14)3-2-4-8(10)15/h2-4,6H,5H2,1H3,(H,16,18)(H,17,19)/t6-/m0/s1. The minimum Gasteiger partial charge on any atom is -0.365 e. The zero-order valence-electron chi connectivity index (χ0n) is 10.5. The molecule has 20 heavy (non-hydrogen) atoms. The minimum atomic E-state index is -0.153. The highest BCUT2D eigenvalue weighted by atomic mass is 35.5. The van der Waals surface area contributed by atoms with E-state index < -0.39 is 0 Å². The predicted molar refractivity (Wildman–Crippen MR) is 83.2 cm³/mol. The maximum atomic E-state index is 11.9. The van der Waals surface area contributed by atoms with Gasteiger partial charge in [-0.15, -0.1) is 0 Å². The zero-order valence-corrected chi connectivity index (χ0v) is 12.9. The number of amides is 1. The number of hydrogen-bond donors (Lipinski definition) is 2. The summed E-state index contributed by atoms with van der Waals surface area (Å²) < 4.78 is 0. The number of halogens is 2. The Morgan fingerprint density at radius 2 is 2.10 bits per heavy atom.